The maximum atomic E-state index is 11.9. The Bertz CT molecular complexity index is 411. The van der Waals surface area contributed by atoms with E-state index >= 15 is 0 Å². The molecule has 0 aromatic carbocycles. The Morgan fingerprint density at radius 2 is 1.63 bits per heavy atom. The molecule has 0 saturated carbocycles. The molecule has 0 saturated heterocycles. The predicted octanol–water partition coefficient (Wildman–Crippen LogP) is 1.18. The maximum absolute atomic E-state index is 11.9. The number of amides is 2. The lowest BCUT2D eigenvalue weighted by Crippen LogP contribution is -2.38. The van der Waals surface area contributed by atoms with Gasteiger partial charge >= 0.3 is 5.97 Å². The summed E-state index contributed by atoms with van der Waals surface area (Å²) in [5.74, 6) is -0.360. The number of unbranched alkanes of at least 4 members (excludes halogenated alkanes) is 2. The summed E-state index contributed by atoms with van der Waals surface area (Å²) in [6, 6.07) is -0.198. The van der Waals surface area contributed by atoms with Crippen LogP contribution in [-0.2, 0) is 19.1 Å². The molecule has 9 heteroatoms. The molecule has 0 radical (unpaired) electrons. The molecule has 8 N–H and O–H groups in total. The fraction of sp³-hybridized carbons (Fsp3) is 0.857. The first-order valence-corrected chi connectivity index (χ1v) is 10.8. The Hall–Kier alpha value is -1.71. The molecular formula is C21H47N5O4. The zero-order chi connectivity index (χ0) is 23.8. The SMILES string of the molecule is CC(C)(C)OC(=O)CC(CCCCN)NC(=O)CCCN.CCCCNC.NC=O. The smallest absolute Gasteiger partial charge is 0.308 e. The molecule has 0 fully saturated rings. The van der Waals surface area contributed by atoms with Gasteiger partial charge in [-0.3, -0.25) is 14.4 Å². The monoisotopic (exact) mass is 433 g/mol. The van der Waals surface area contributed by atoms with E-state index in [4.69, 9.17) is 21.0 Å². The van der Waals surface area contributed by atoms with Crippen molar-refractivity contribution in [2.24, 2.45) is 17.2 Å². The van der Waals surface area contributed by atoms with Crippen LogP contribution in [0.4, 0.5) is 0 Å². The average Bonchev–Trinajstić information content (AvgIpc) is 2.64. The molecular weight excluding hydrogens is 386 g/mol. The van der Waals surface area contributed by atoms with Gasteiger partial charge in [0.05, 0.1) is 6.42 Å². The second kappa shape index (κ2) is 23.6. The van der Waals surface area contributed by atoms with E-state index in [1.807, 2.05) is 27.8 Å². The van der Waals surface area contributed by atoms with Gasteiger partial charge in [0.1, 0.15) is 5.60 Å². The molecule has 0 aliphatic rings. The molecule has 0 rings (SSSR count). The average molecular weight is 434 g/mol. The molecule has 0 spiro atoms. The molecule has 30 heavy (non-hydrogen) atoms. The van der Waals surface area contributed by atoms with Crippen LogP contribution in [0.2, 0.25) is 0 Å². The largest absolute Gasteiger partial charge is 0.460 e. The zero-order valence-electron chi connectivity index (χ0n) is 19.8. The van der Waals surface area contributed by atoms with Crippen molar-refractivity contribution in [1.82, 2.24) is 10.6 Å². The van der Waals surface area contributed by atoms with Gasteiger partial charge in [-0.2, -0.15) is 0 Å². The third kappa shape index (κ3) is 31.0. The highest BCUT2D eigenvalue weighted by Crippen LogP contribution is 2.12. The van der Waals surface area contributed by atoms with Crippen LogP contribution < -0.4 is 27.8 Å². The minimum Gasteiger partial charge on any atom is -0.460 e. The van der Waals surface area contributed by atoms with Gasteiger partial charge in [0.2, 0.25) is 12.3 Å². The highest BCUT2D eigenvalue weighted by atomic mass is 16.6. The number of hydrogen-bond donors (Lipinski definition) is 5. The van der Waals surface area contributed by atoms with Gasteiger partial charge in [-0.1, -0.05) is 19.8 Å². The van der Waals surface area contributed by atoms with Crippen molar-refractivity contribution in [2.45, 2.75) is 90.7 Å². The molecule has 180 valence electrons. The summed E-state index contributed by atoms with van der Waals surface area (Å²) in [7, 11) is 1.98. The van der Waals surface area contributed by atoms with Crippen LogP contribution in [0.25, 0.3) is 0 Å². The minimum absolute atomic E-state index is 0.0678. The Morgan fingerprint density at radius 1 is 1.07 bits per heavy atom. The van der Waals surface area contributed by atoms with E-state index < -0.39 is 5.60 Å². The Morgan fingerprint density at radius 3 is 2.03 bits per heavy atom. The zero-order valence-corrected chi connectivity index (χ0v) is 19.8. The predicted molar refractivity (Wildman–Crippen MR) is 123 cm³/mol. The molecule has 0 aromatic rings. The first-order chi connectivity index (χ1) is 14.1. The molecule has 1 unspecified atom stereocenters. The number of primary amides is 1. The molecule has 2 amide bonds. The lowest BCUT2D eigenvalue weighted by atomic mass is 10.1. The van der Waals surface area contributed by atoms with E-state index in [0.29, 0.717) is 25.9 Å². The number of carbonyl (C=O) groups excluding carboxylic acids is 3. The summed E-state index contributed by atoms with van der Waals surface area (Å²) in [6.45, 7) is 9.93. The summed E-state index contributed by atoms with van der Waals surface area (Å²) in [5.41, 5.74) is 14.5. The van der Waals surface area contributed by atoms with Gasteiger partial charge in [0.15, 0.2) is 0 Å². The van der Waals surface area contributed by atoms with Crippen LogP contribution >= 0.6 is 0 Å². The van der Waals surface area contributed by atoms with Gasteiger partial charge in [0.25, 0.3) is 0 Å². The number of ether oxygens (including phenoxy) is 1. The first kappa shape index (κ1) is 32.9. The summed E-state index contributed by atoms with van der Waals surface area (Å²) in [5, 5.41) is 5.96. The van der Waals surface area contributed by atoms with Gasteiger partial charge in [0, 0.05) is 12.5 Å². The van der Waals surface area contributed by atoms with Crippen molar-refractivity contribution >= 4 is 18.3 Å². The van der Waals surface area contributed by atoms with Crippen molar-refractivity contribution in [3.05, 3.63) is 0 Å². The maximum Gasteiger partial charge on any atom is 0.308 e. The molecule has 0 aliphatic heterocycles. The fourth-order valence-corrected chi connectivity index (χ4v) is 2.26. The third-order valence-electron chi connectivity index (χ3n) is 3.59. The van der Waals surface area contributed by atoms with E-state index in [2.05, 4.69) is 23.3 Å². The standard InChI is InChI=1S/C15H31N3O3.C5H13N.CH3NO/c1-15(2,3)21-14(20)11-12(7-4-5-9-16)18-13(19)8-6-10-17;1-3-4-5-6-2;2-1-3/h12H,4-11,16-17H2,1-3H3,(H,18,19);6H,3-5H2,1-2H3;1H,(H2,2,3). The molecule has 0 aromatic heterocycles. The van der Waals surface area contributed by atoms with Gasteiger partial charge in [-0.15, -0.1) is 0 Å². The lowest BCUT2D eigenvalue weighted by Gasteiger charge is -2.23. The Balaban J connectivity index is -0.000000676. The van der Waals surface area contributed by atoms with Crippen molar-refractivity contribution in [3.63, 3.8) is 0 Å². The topological polar surface area (TPSA) is 163 Å². The number of rotatable bonds is 13. The van der Waals surface area contributed by atoms with Gasteiger partial charge < -0.3 is 32.6 Å². The van der Waals surface area contributed by atoms with Crippen LogP contribution in [0.3, 0.4) is 0 Å². The van der Waals surface area contributed by atoms with E-state index in [-0.39, 0.29) is 30.7 Å². The van der Waals surface area contributed by atoms with Crippen LogP contribution in [0.15, 0.2) is 0 Å². The highest BCUT2D eigenvalue weighted by molar-refractivity contribution is 5.77. The van der Waals surface area contributed by atoms with Crippen molar-refractivity contribution in [3.8, 4) is 0 Å². The van der Waals surface area contributed by atoms with Crippen molar-refractivity contribution in [1.29, 1.82) is 0 Å². The van der Waals surface area contributed by atoms with E-state index in [1.165, 1.54) is 12.8 Å². The second-order valence-corrected chi connectivity index (χ2v) is 7.82. The Labute approximate surface area is 183 Å². The van der Waals surface area contributed by atoms with Crippen LogP contribution in [0.5, 0.6) is 0 Å². The fourth-order valence-electron chi connectivity index (χ4n) is 2.26. The number of hydrogen-bond acceptors (Lipinski definition) is 7. The molecule has 0 bridgehead atoms. The number of esters is 1. The van der Waals surface area contributed by atoms with E-state index in [0.717, 1.165) is 25.8 Å². The molecule has 9 nitrogen and oxygen atoms in total. The van der Waals surface area contributed by atoms with Crippen LogP contribution in [0.1, 0.15) is 79.1 Å². The summed E-state index contributed by atoms with van der Waals surface area (Å²) < 4.78 is 5.30. The molecule has 1 atom stereocenters. The first-order valence-electron chi connectivity index (χ1n) is 10.8. The lowest BCUT2D eigenvalue weighted by molar-refractivity contribution is -0.155. The highest BCUT2D eigenvalue weighted by Gasteiger charge is 2.21. The number of nitrogens with one attached hydrogen (secondary N) is 2. The van der Waals surface area contributed by atoms with Gasteiger partial charge in [-0.25, -0.2) is 0 Å². The Kier molecular flexibility index (Phi) is 25.9. The minimum atomic E-state index is -0.511. The third-order valence-corrected chi connectivity index (χ3v) is 3.59. The van der Waals surface area contributed by atoms with E-state index in [1.54, 1.807) is 0 Å². The van der Waals surface area contributed by atoms with Crippen LogP contribution in [0, 0.1) is 0 Å². The van der Waals surface area contributed by atoms with Gasteiger partial charge in [-0.05, 0) is 73.1 Å². The van der Waals surface area contributed by atoms with Crippen molar-refractivity contribution < 1.29 is 19.1 Å². The van der Waals surface area contributed by atoms with E-state index in [9.17, 15) is 9.59 Å². The summed E-state index contributed by atoms with van der Waals surface area (Å²) in [6.07, 6.45) is 6.55. The number of nitrogens with two attached hydrogens (primary N) is 3. The molecule has 0 heterocycles. The van der Waals surface area contributed by atoms with Crippen LogP contribution in [-0.4, -0.2) is 56.6 Å². The second-order valence-electron chi connectivity index (χ2n) is 7.82. The summed E-state index contributed by atoms with van der Waals surface area (Å²) >= 11 is 0. The molecule has 0 aliphatic carbocycles. The number of carbonyl (C=O) groups is 3. The quantitative estimate of drug-likeness (QED) is 0.165. The normalized spacial score (nSPS) is 11.2. The summed E-state index contributed by atoms with van der Waals surface area (Å²) in [4.78, 5) is 32.2. The van der Waals surface area contributed by atoms with Crippen molar-refractivity contribution in [2.75, 3.05) is 26.7 Å².